The fourth-order valence-electron chi connectivity index (χ4n) is 6.66. The van der Waals surface area contributed by atoms with Gasteiger partial charge in [-0.25, -0.2) is 0 Å². The number of carbonyl (C=O) groups excluding carboxylic acids is 4. The molecule has 0 radical (unpaired) electrons. The van der Waals surface area contributed by atoms with Crippen molar-refractivity contribution in [2.24, 2.45) is 4.99 Å². The third-order valence-electron chi connectivity index (χ3n) is 8.74. The number of carbonyl (C=O) groups is 4. The highest BCUT2D eigenvalue weighted by Gasteiger charge is 2.62. The number of hydrogen-bond acceptors (Lipinski definition) is 9. The molecule has 2 aromatic carbocycles. The van der Waals surface area contributed by atoms with Gasteiger partial charge in [-0.1, -0.05) is 18.2 Å². The fourth-order valence-corrected chi connectivity index (χ4v) is 7.62. The number of aliphatic imine (C=N–C) groups is 1. The van der Waals surface area contributed by atoms with Crippen molar-refractivity contribution in [3.63, 3.8) is 0 Å². The van der Waals surface area contributed by atoms with Gasteiger partial charge in [0.15, 0.2) is 17.3 Å². The maximum absolute atomic E-state index is 14.3. The molecule has 0 bridgehead atoms. The number of benzene rings is 2. The van der Waals surface area contributed by atoms with Gasteiger partial charge in [0, 0.05) is 20.2 Å². The molecule has 0 amide bonds. The number of nitrogens with one attached hydrogen (secondary N) is 1. The molecule has 10 nitrogen and oxygen atoms in total. The van der Waals surface area contributed by atoms with Crippen LogP contribution in [0.4, 0.5) is 0 Å². The van der Waals surface area contributed by atoms with Crippen molar-refractivity contribution >= 4 is 68.3 Å². The molecule has 0 aliphatic heterocycles. The van der Waals surface area contributed by atoms with E-state index in [4.69, 9.17) is 0 Å². The van der Waals surface area contributed by atoms with Gasteiger partial charge in [-0.2, -0.15) is 0 Å². The van der Waals surface area contributed by atoms with Crippen molar-refractivity contribution in [2.75, 3.05) is 0 Å². The summed E-state index contributed by atoms with van der Waals surface area (Å²) in [6.07, 6.45) is 8.25. The highest BCUT2D eigenvalue weighted by atomic mass is 127. The van der Waals surface area contributed by atoms with Crippen LogP contribution in [0.15, 0.2) is 34.1 Å². The van der Waals surface area contributed by atoms with Gasteiger partial charge in [0.1, 0.15) is 22.7 Å². The molecular weight excluding hydrogens is 667 g/mol. The van der Waals surface area contributed by atoms with Gasteiger partial charge in [0.05, 0.1) is 45.8 Å². The Bertz CT molecular complexity index is 2060. The van der Waals surface area contributed by atoms with Crippen LogP contribution in [0.3, 0.4) is 0 Å². The van der Waals surface area contributed by atoms with Gasteiger partial charge in [0.25, 0.3) is 5.56 Å². The highest BCUT2D eigenvalue weighted by Crippen LogP contribution is 2.58. The van der Waals surface area contributed by atoms with Crippen LogP contribution in [0.2, 0.25) is 0 Å². The van der Waals surface area contributed by atoms with Gasteiger partial charge in [-0.3, -0.25) is 29.0 Å². The molecule has 4 N–H and O–H groups in total. The lowest BCUT2D eigenvalue weighted by atomic mass is 9.76. The number of aromatic nitrogens is 1. The summed E-state index contributed by atoms with van der Waals surface area (Å²) in [5.41, 5.74) is -4.05. The van der Waals surface area contributed by atoms with E-state index in [9.17, 15) is 39.3 Å². The molecule has 1 heterocycles. The lowest BCUT2D eigenvalue weighted by molar-refractivity contribution is 0.0790. The molecule has 1 saturated carbocycles. The number of ketones is 4. The highest BCUT2D eigenvalue weighted by molar-refractivity contribution is 14.1. The Morgan fingerprint density at radius 1 is 0.953 bits per heavy atom. The standard InChI is InChI=1S/C32H23IN2O8/c1-2-3-4-5-13-10-15-18(31(43)35-13)28(40)23-14(24(15)33)8-9-32(23)29(41)21-22(30(32)42)27(39)20-19(26(21)38)17(36)11-16(25(20)37)34-12-6-7-12/h2-5,10,12,38-40H,6-9,11H2,1H3,(H,35,43)/t32-/m0/s1. The number of hydrogen-bond donors (Lipinski definition) is 4. The maximum atomic E-state index is 14.3. The van der Waals surface area contributed by atoms with E-state index in [1.54, 1.807) is 24.3 Å². The zero-order valence-electron chi connectivity index (χ0n) is 22.7. The van der Waals surface area contributed by atoms with Gasteiger partial charge in [-0.05, 0) is 72.9 Å². The monoisotopic (exact) mass is 690 g/mol. The Morgan fingerprint density at radius 3 is 2.28 bits per heavy atom. The second kappa shape index (κ2) is 9.30. The van der Waals surface area contributed by atoms with Crippen molar-refractivity contribution < 1.29 is 34.5 Å². The van der Waals surface area contributed by atoms with E-state index in [-0.39, 0.29) is 35.5 Å². The third-order valence-corrected chi connectivity index (χ3v) is 9.98. The van der Waals surface area contributed by atoms with Crippen LogP contribution in [0.1, 0.15) is 90.9 Å². The Balaban J connectivity index is 1.45. The molecule has 1 fully saturated rings. The number of aromatic hydroxyl groups is 3. The fraction of sp³-hybridized carbons (Fsp3) is 0.250. The average Bonchev–Trinajstić information content (AvgIpc) is 3.64. The summed E-state index contributed by atoms with van der Waals surface area (Å²) in [6.45, 7) is 1.85. The lowest BCUT2D eigenvalue weighted by Crippen LogP contribution is -2.36. The van der Waals surface area contributed by atoms with E-state index >= 15 is 0 Å². The van der Waals surface area contributed by atoms with Crippen LogP contribution in [0, 0.1) is 3.57 Å². The number of phenols is 3. The van der Waals surface area contributed by atoms with E-state index in [1.807, 2.05) is 35.6 Å². The van der Waals surface area contributed by atoms with Gasteiger partial charge < -0.3 is 20.3 Å². The van der Waals surface area contributed by atoms with Crippen molar-refractivity contribution in [2.45, 2.75) is 50.5 Å². The van der Waals surface area contributed by atoms with Crippen LogP contribution in [-0.2, 0) is 11.8 Å². The molecule has 11 heteroatoms. The van der Waals surface area contributed by atoms with E-state index < -0.39 is 80.0 Å². The summed E-state index contributed by atoms with van der Waals surface area (Å²) in [4.78, 5) is 75.2. The Morgan fingerprint density at radius 2 is 1.63 bits per heavy atom. The molecule has 1 aromatic heterocycles. The quantitative estimate of drug-likeness (QED) is 0.135. The summed E-state index contributed by atoms with van der Waals surface area (Å²) in [5.74, 6) is -5.56. The first-order chi connectivity index (χ1) is 20.5. The van der Waals surface area contributed by atoms with Crippen LogP contribution >= 0.6 is 22.6 Å². The molecule has 216 valence electrons. The molecule has 4 aliphatic carbocycles. The summed E-state index contributed by atoms with van der Waals surface area (Å²) in [6, 6.07) is 1.60. The van der Waals surface area contributed by atoms with Crippen LogP contribution in [-0.4, -0.2) is 55.2 Å². The van der Waals surface area contributed by atoms with Gasteiger partial charge in [-0.15, -0.1) is 0 Å². The minimum atomic E-state index is -2.07. The third kappa shape index (κ3) is 3.57. The summed E-state index contributed by atoms with van der Waals surface area (Å²) in [7, 11) is 0. The minimum absolute atomic E-state index is 0.0647. The summed E-state index contributed by atoms with van der Waals surface area (Å²) >= 11 is 2.02. The number of halogens is 1. The Hall–Kier alpha value is -4.39. The molecular formula is C32H23IN2O8. The number of aromatic amines is 1. The van der Waals surface area contributed by atoms with Crippen molar-refractivity contribution in [3.8, 4) is 17.2 Å². The lowest BCUT2D eigenvalue weighted by Gasteiger charge is -2.23. The number of fused-ring (bicyclic) bond motifs is 5. The SMILES string of the molecule is CC=CC=Cc1cc2c(I)c3c(c(O)c2c(=O)[nH]1)[C@@]1(CC3)C(=O)c2c(O)c3c(c(O)c2C1=O)C(=O)C(=NC1CC1)CC3=O. The largest absolute Gasteiger partial charge is 0.507 e. The molecule has 0 unspecified atom stereocenters. The first-order valence-electron chi connectivity index (χ1n) is 13.8. The normalized spacial score (nSPS) is 22.1. The topological polar surface area (TPSA) is 174 Å². The molecule has 1 atom stereocenters. The second-order valence-electron chi connectivity index (χ2n) is 11.2. The molecule has 43 heavy (non-hydrogen) atoms. The molecule has 7 rings (SSSR count). The molecule has 1 spiro atoms. The average molecular weight is 690 g/mol. The number of phenolic OH excluding ortho intramolecular Hbond substituents is 3. The number of nitrogens with zero attached hydrogens (tertiary/aromatic N) is 1. The number of allylic oxidation sites excluding steroid dienone is 3. The molecule has 3 aromatic rings. The van der Waals surface area contributed by atoms with Gasteiger partial charge >= 0.3 is 0 Å². The number of pyridine rings is 1. The Kier molecular flexibility index (Phi) is 5.94. The van der Waals surface area contributed by atoms with E-state index in [1.165, 1.54) is 0 Å². The smallest absolute Gasteiger partial charge is 0.260 e. The van der Waals surface area contributed by atoms with Crippen LogP contribution < -0.4 is 5.56 Å². The van der Waals surface area contributed by atoms with E-state index in [0.717, 1.165) is 12.8 Å². The van der Waals surface area contributed by atoms with Crippen LogP contribution in [0.5, 0.6) is 17.2 Å². The second-order valence-corrected chi connectivity index (χ2v) is 12.3. The zero-order chi connectivity index (χ0) is 30.5. The summed E-state index contributed by atoms with van der Waals surface area (Å²) in [5, 5.41) is 34.5. The van der Waals surface area contributed by atoms with Crippen molar-refractivity contribution in [1.82, 2.24) is 4.98 Å². The van der Waals surface area contributed by atoms with Crippen molar-refractivity contribution in [1.29, 1.82) is 0 Å². The van der Waals surface area contributed by atoms with Gasteiger partial charge in [0.2, 0.25) is 5.78 Å². The minimum Gasteiger partial charge on any atom is -0.507 e. The van der Waals surface area contributed by atoms with E-state index in [0.29, 0.717) is 20.2 Å². The molecule has 0 saturated heterocycles. The molecule has 4 aliphatic rings. The Labute approximate surface area is 257 Å². The number of rotatable bonds is 3. The predicted octanol–water partition coefficient (Wildman–Crippen LogP) is 4.47. The summed E-state index contributed by atoms with van der Waals surface area (Å²) < 4.78 is 0.569. The first-order valence-corrected chi connectivity index (χ1v) is 14.9. The maximum Gasteiger partial charge on any atom is 0.260 e. The number of H-pyrrole nitrogens is 1. The first kappa shape index (κ1) is 27.4. The predicted molar refractivity (Wildman–Crippen MR) is 165 cm³/mol. The number of Topliss-reactive ketones (excluding diaryl/α,β-unsaturated/α-hetero) is 4. The van der Waals surface area contributed by atoms with Crippen LogP contribution in [0.25, 0.3) is 16.8 Å². The zero-order valence-corrected chi connectivity index (χ0v) is 24.9. The van der Waals surface area contributed by atoms with Crippen molar-refractivity contribution in [3.05, 3.63) is 77.3 Å². The van der Waals surface area contributed by atoms with E-state index in [2.05, 4.69) is 9.98 Å².